The fourth-order valence-electron chi connectivity index (χ4n) is 1.34. The van der Waals surface area contributed by atoms with Crippen LogP contribution in [0, 0.1) is 13.8 Å². The third kappa shape index (κ3) is 5.09. The minimum Gasteiger partial charge on any atom is -0.494 e. The molecule has 1 aromatic carbocycles. The van der Waals surface area contributed by atoms with Crippen LogP contribution < -0.4 is 10.1 Å². The third-order valence-electron chi connectivity index (χ3n) is 2.51. The Morgan fingerprint density at radius 2 is 2.12 bits per heavy atom. The number of carbonyl (C=O) groups is 1. The van der Waals surface area contributed by atoms with Gasteiger partial charge in [0.2, 0.25) is 5.91 Å². The largest absolute Gasteiger partial charge is 0.494 e. The first-order valence-electron chi connectivity index (χ1n) is 5.66. The quantitative estimate of drug-likeness (QED) is 0.626. The summed E-state index contributed by atoms with van der Waals surface area (Å²) in [5.41, 5.74) is 2.48. The van der Waals surface area contributed by atoms with Crippen LogP contribution in [0.15, 0.2) is 18.2 Å². The van der Waals surface area contributed by atoms with Gasteiger partial charge in [-0.15, -0.1) is 11.6 Å². The second kappa shape index (κ2) is 7.17. The van der Waals surface area contributed by atoms with Crippen LogP contribution in [0.2, 0.25) is 0 Å². The molecule has 0 atom stereocenters. The van der Waals surface area contributed by atoms with Crippen LogP contribution in [0.1, 0.15) is 17.5 Å². The highest BCUT2D eigenvalue weighted by Gasteiger charge is 1.99. The number of carbonyl (C=O) groups excluding carboxylic acids is 1. The third-order valence-corrected chi connectivity index (χ3v) is 2.75. The molecule has 0 radical (unpaired) electrons. The van der Waals surface area contributed by atoms with E-state index in [9.17, 15) is 4.79 Å². The van der Waals surface area contributed by atoms with Gasteiger partial charge in [0.15, 0.2) is 0 Å². The van der Waals surface area contributed by atoms with Crippen LogP contribution in [0.25, 0.3) is 0 Å². The van der Waals surface area contributed by atoms with E-state index in [2.05, 4.69) is 19.2 Å². The van der Waals surface area contributed by atoms with Crippen molar-refractivity contribution in [1.29, 1.82) is 0 Å². The van der Waals surface area contributed by atoms with E-state index < -0.39 is 0 Å². The van der Waals surface area contributed by atoms with Crippen molar-refractivity contribution in [2.24, 2.45) is 0 Å². The number of halogens is 1. The summed E-state index contributed by atoms with van der Waals surface area (Å²) in [4.78, 5) is 10.8. The molecule has 94 valence electrons. The summed E-state index contributed by atoms with van der Waals surface area (Å²) in [7, 11) is 0. The van der Waals surface area contributed by atoms with Crippen molar-refractivity contribution in [3.8, 4) is 5.75 Å². The zero-order valence-electron chi connectivity index (χ0n) is 10.3. The molecule has 0 unspecified atom stereocenters. The number of alkyl halides is 1. The van der Waals surface area contributed by atoms with Gasteiger partial charge in [0.05, 0.1) is 6.61 Å². The van der Waals surface area contributed by atoms with Crippen molar-refractivity contribution in [2.75, 3.05) is 19.0 Å². The molecule has 0 aliphatic carbocycles. The second-order valence-electron chi connectivity index (χ2n) is 3.93. The van der Waals surface area contributed by atoms with Gasteiger partial charge in [0.25, 0.3) is 0 Å². The lowest BCUT2D eigenvalue weighted by atomic mass is 10.1. The topological polar surface area (TPSA) is 38.3 Å². The number of ether oxygens (including phenoxy) is 1. The molecule has 0 aliphatic heterocycles. The Morgan fingerprint density at radius 3 is 2.76 bits per heavy atom. The van der Waals surface area contributed by atoms with Crippen molar-refractivity contribution in [3.05, 3.63) is 29.3 Å². The van der Waals surface area contributed by atoms with Crippen molar-refractivity contribution in [1.82, 2.24) is 5.32 Å². The van der Waals surface area contributed by atoms with E-state index >= 15 is 0 Å². The van der Waals surface area contributed by atoms with Gasteiger partial charge in [-0.05, 0) is 43.5 Å². The highest BCUT2D eigenvalue weighted by atomic mass is 35.5. The molecule has 1 amide bonds. The van der Waals surface area contributed by atoms with Crippen LogP contribution in [-0.4, -0.2) is 24.9 Å². The Morgan fingerprint density at radius 1 is 1.35 bits per heavy atom. The first kappa shape index (κ1) is 13.8. The lowest BCUT2D eigenvalue weighted by Crippen LogP contribution is -2.26. The van der Waals surface area contributed by atoms with Crippen molar-refractivity contribution >= 4 is 17.5 Å². The fraction of sp³-hybridized carbons (Fsp3) is 0.462. The van der Waals surface area contributed by atoms with Crippen LogP contribution in [0.3, 0.4) is 0 Å². The molecular formula is C13H18ClNO2. The maximum atomic E-state index is 10.8. The van der Waals surface area contributed by atoms with E-state index in [1.54, 1.807) is 0 Å². The average Bonchev–Trinajstić information content (AvgIpc) is 2.33. The van der Waals surface area contributed by atoms with Gasteiger partial charge >= 0.3 is 0 Å². The number of benzene rings is 1. The fourth-order valence-corrected chi connectivity index (χ4v) is 1.44. The maximum Gasteiger partial charge on any atom is 0.234 e. The van der Waals surface area contributed by atoms with E-state index in [1.165, 1.54) is 11.1 Å². The normalized spacial score (nSPS) is 10.1. The predicted molar refractivity (Wildman–Crippen MR) is 69.8 cm³/mol. The standard InChI is InChI=1S/C13H18ClNO2/c1-10-4-5-12(8-11(10)2)17-7-3-6-15-13(16)9-14/h4-5,8H,3,6-7,9H2,1-2H3,(H,15,16). The summed E-state index contributed by atoms with van der Waals surface area (Å²) in [5.74, 6) is 0.743. The van der Waals surface area contributed by atoms with Gasteiger partial charge in [0.1, 0.15) is 11.6 Å². The Labute approximate surface area is 107 Å². The predicted octanol–water partition coefficient (Wildman–Crippen LogP) is 2.43. The lowest BCUT2D eigenvalue weighted by molar-refractivity contribution is -0.118. The van der Waals surface area contributed by atoms with E-state index in [0.717, 1.165) is 12.2 Å². The van der Waals surface area contributed by atoms with Gasteiger partial charge in [-0.1, -0.05) is 6.07 Å². The van der Waals surface area contributed by atoms with E-state index in [4.69, 9.17) is 16.3 Å². The first-order valence-corrected chi connectivity index (χ1v) is 6.19. The van der Waals surface area contributed by atoms with Crippen LogP contribution in [0.5, 0.6) is 5.75 Å². The molecule has 17 heavy (non-hydrogen) atoms. The van der Waals surface area contributed by atoms with Gasteiger partial charge < -0.3 is 10.1 Å². The maximum absolute atomic E-state index is 10.8. The Hall–Kier alpha value is -1.22. The lowest BCUT2D eigenvalue weighted by Gasteiger charge is -2.08. The number of rotatable bonds is 6. The Bertz CT molecular complexity index is 380. The van der Waals surface area contributed by atoms with E-state index in [-0.39, 0.29) is 11.8 Å². The molecule has 0 fully saturated rings. The number of aryl methyl sites for hydroxylation is 2. The summed E-state index contributed by atoms with van der Waals surface area (Å²) in [6.07, 6.45) is 0.773. The number of hydrogen-bond acceptors (Lipinski definition) is 2. The molecule has 4 heteroatoms. The molecule has 0 aromatic heterocycles. The molecule has 0 bridgehead atoms. The van der Waals surface area contributed by atoms with Crippen molar-refractivity contribution in [2.45, 2.75) is 20.3 Å². The summed E-state index contributed by atoms with van der Waals surface area (Å²) in [6.45, 7) is 5.31. The first-order chi connectivity index (χ1) is 8.13. The van der Waals surface area contributed by atoms with Gasteiger partial charge in [-0.3, -0.25) is 4.79 Å². The minimum absolute atomic E-state index is 0.0119. The van der Waals surface area contributed by atoms with Crippen LogP contribution in [0.4, 0.5) is 0 Å². The molecule has 3 nitrogen and oxygen atoms in total. The Balaban J connectivity index is 2.22. The molecule has 0 heterocycles. The van der Waals surface area contributed by atoms with Gasteiger partial charge in [-0.25, -0.2) is 0 Å². The molecule has 1 rings (SSSR count). The van der Waals surface area contributed by atoms with Gasteiger partial charge in [0, 0.05) is 6.54 Å². The van der Waals surface area contributed by atoms with E-state index in [1.807, 2.05) is 18.2 Å². The van der Waals surface area contributed by atoms with E-state index in [0.29, 0.717) is 13.2 Å². The molecule has 0 aliphatic rings. The monoisotopic (exact) mass is 255 g/mol. The van der Waals surface area contributed by atoms with Crippen LogP contribution >= 0.6 is 11.6 Å². The molecule has 1 N–H and O–H groups in total. The zero-order chi connectivity index (χ0) is 12.7. The molecule has 0 saturated carbocycles. The molecule has 0 saturated heterocycles. The minimum atomic E-state index is -0.141. The van der Waals surface area contributed by atoms with Crippen molar-refractivity contribution in [3.63, 3.8) is 0 Å². The Kier molecular flexibility index (Phi) is 5.84. The second-order valence-corrected chi connectivity index (χ2v) is 4.20. The SMILES string of the molecule is Cc1ccc(OCCCNC(=O)CCl)cc1C. The highest BCUT2D eigenvalue weighted by Crippen LogP contribution is 2.16. The molecule has 0 spiro atoms. The summed E-state index contributed by atoms with van der Waals surface area (Å²) >= 11 is 5.35. The number of nitrogens with one attached hydrogen (secondary N) is 1. The summed E-state index contributed by atoms with van der Waals surface area (Å²) < 4.78 is 5.57. The average molecular weight is 256 g/mol. The zero-order valence-corrected chi connectivity index (χ0v) is 11.0. The summed E-state index contributed by atoms with van der Waals surface area (Å²) in [5, 5.41) is 2.69. The molecule has 1 aromatic rings. The highest BCUT2D eigenvalue weighted by molar-refractivity contribution is 6.27. The molecular weight excluding hydrogens is 238 g/mol. The van der Waals surface area contributed by atoms with Crippen LogP contribution in [-0.2, 0) is 4.79 Å². The van der Waals surface area contributed by atoms with Gasteiger partial charge in [-0.2, -0.15) is 0 Å². The summed E-state index contributed by atoms with van der Waals surface area (Å²) in [6, 6.07) is 6.02. The number of amides is 1. The number of hydrogen-bond donors (Lipinski definition) is 1. The van der Waals surface area contributed by atoms with Crippen molar-refractivity contribution < 1.29 is 9.53 Å². The smallest absolute Gasteiger partial charge is 0.234 e.